The molecule has 3 aromatic rings. The minimum absolute atomic E-state index is 0.0790. The van der Waals surface area contributed by atoms with Crippen LogP contribution in [0.25, 0.3) is 5.70 Å². The average Bonchev–Trinajstić information content (AvgIpc) is 3.10. The van der Waals surface area contributed by atoms with Gasteiger partial charge < -0.3 is 5.32 Å². The molecule has 0 saturated heterocycles. The van der Waals surface area contributed by atoms with Crippen molar-refractivity contribution in [3.8, 4) is 6.07 Å². The summed E-state index contributed by atoms with van der Waals surface area (Å²) in [6.07, 6.45) is 7.14. The van der Waals surface area contributed by atoms with E-state index >= 15 is 0 Å². The van der Waals surface area contributed by atoms with Crippen molar-refractivity contribution in [1.29, 1.82) is 5.26 Å². The summed E-state index contributed by atoms with van der Waals surface area (Å²) in [6.45, 7) is 0. The Kier molecular flexibility index (Phi) is 3.10. The standard InChI is InChI=1S/C17H12N6/c18-10-12-1-3-14(4-2-12)16-9-15(13-5-7-19-8-6-13)22-17-20-11-21-23(16)17/h1-9,11,16H,(H,20,21,22)/t16-/m1/s1. The van der Waals surface area contributed by atoms with Gasteiger partial charge in [0.25, 0.3) is 0 Å². The van der Waals surface area contributed by atoms with E-state index in [4.69, 9.17) is 5.26 Å². The quantitative estimate of drug-likeness (QED) is 0.787. The molecule has 0 saturated carbocycles. The van der Waals surface area contributed by atoms with Crippen LogP contribution in [0.5, 0.6) is 0 Å². The van der Waals surface area contributed by atoms with E-state index in [9.17, 15) is 0 Å². The van der Waals surface area contributed by atoms with Gasteiger partial charge >= 0.3 is 0 Å². The highest BCUT2D eigenvalue weighted by atomic mass is 15.4. The van der Waals surface area contributed by atoms with Crippen molar-refractivity contribution in [2.75, 3.05) is 5.32 Å². The molecule has 23 heavy (non-hydrogen) atoms. The third-order valence-electron chi connectivity index (χ3n) is 3.78. The van der Waals surface area contributed by atoms with Crippen LogP contribution in [0.4, 0.5) is 5.95 Å². The van der Waals surface area contributed by atoms with Crippen molar-refractivity contribution in [3.63, 3.8) is 0 Å². The Morgan fingerprint density at radius 3 is 2.61 bits per heavy atom. The van der Waals surface area contributed by atoms with E-state index in [0.717, 1.165) is 16.8 Å². The van der Waals surface area contributed by atoms with Crippen molar-refractivity contribution in [1.82, 2.24) is 19.7 Å². The fourth-order valence-electron chi connectivity index (χ4n) is 2.63. The Bertz CT molecular complexity index is 902. The van der Waals surface area contributed by atoms with Gasteiger partial charge in [-0.1, -0.05) is 12.1 Å². The predicted molar refractivity (Wildman–Crippen MR) is 85.2 cm³/mol. The predicted octanol–water partition coefficient (Wildman–Crippen LogP) is 2.60. The number of hydrogen-bond donors (Lipinski definition) is 1. The van der Waals surface area contributed by atoms with Gasteiger partial charge in [-0.15, -0.1) is 0 Å². The molecule has 1 aliphatic rings. The number of aromatic nitrogens is 4. The van der Waals surface area contributed by atoms with Crippen LogP contribution in [0.15, 0.2) is 61.2 Å². The van der Waals surface area contributed by atoms with Crippen molar-refractivity contribution >= 4 is 11.6 Å². The smallest absolute Gasteiger partial charge is 0.226 e. The molecule has 1 atom stereocenters. The summed E-state index contributed by atoms with van der Waals surface area (Å²) in [7, 11) is 0. The Morgan fingerprint density at radius 2 is 1.87 bits per heavy atom. The van der Waals surface area contributed by atoms with Gasteiger partial charge in [0.2, 0.25) is 5.95 Å². The van der Waals surface area contributed by atoms with E-state index in [1.165, 1.54) is 6.33 Å². The Hall–Kier alpha value is -3.46. The number of benzene rings is 1. The second kappa shape index (κ2) is 5.39. The molecular weight excluding hydrogens is 288 g/mol. The molecule has 1 aromatic carbocycles. The third kappa shape index (κ3) is 2.34. The zero-order valence-corrected chi connectivity index (χ0v) is 12.1. The third-order valence-corrected chi connectivity index (χ3v) is 3.78. The lowest BCUT2D eigenvalue weighted by Crippen LogP contribution is -2.20. The summed E-state index contributed by atoms with van der Waals surface area (Å²) in [5, 5.41) is 16.5. The first-order valence-electron chi connectivity index (χ1n) is 7.14. The molecule has 2 aromatic heterocycles. The number of pyridine rings is 1. The van der Waals surface area contributed by atoms with Crippen molar-refractivity contribution in [2.45, 2.75) is 6.04 Å². The minimum Gasteiger partial charge on any atom is -0.324 e. The molecule has 1 aliphatic heterocycles. The summed E-state index contributed by atoms with van der Waals surface area (Å²) in [6, 6.07) is 13.5. The van der Waals surface area contributed by atoms with Gasteiger partial charge in [-0.3, -0.25) is 4.98 Å². The highest BCUT2D eigenvalue weighted by Crippen LogP contribution is 2.31. The number of rotatable bonds is 2. The SMILES string of the molecule is N#Cc1ccc([C@H]2C=C(c3ccncc3)Nc3ncnn32)cc1. The van der Waals surface area contributed by atoms with E-state index < -0.39 is 0 Å². The number of allylic oxidation sites excluding steroid dienone is 1. The first kappa shape index (κ1) is 13.2. The summed E-state index contributed by atoms with van der Waals surface area (Å²) >= 11 is 0. The number of nitrogens with one attached hydrogen (secondary N) is 1. The lowest BCUT2D eigenvalue weighted by Gasteiger charge is -2.24. The van der Waals surface area contributed by atoms with Gasteiger partial charge in [0.15, 0.2) is 0 Å². The maximum absolute atomic E-state index is 8.95. The van der Waals surface area contributed by atoms with Crippen molar-refractivity contribution < 1.29 is 0 Å². The number of nitriles is 1. The first-order chi connectivity index (χ1) is 11.3. The lowest BCUT2D eigenvalue weighted by atomic mass is 10.0. The van der Waals surface area contributed by atoms with Gasteiger partial charge in [-0.25, -0.2) is 4.68 Å². The maximum Gasteiger partial charge on any atom is 0.226 e. The molecule has 1 N–H and O–H groups in total. The molecule has 0 unspecified atom stereocenters. The van der Waals surface area contributed by atoms with Gasteiger partial charge in [0.1, 0.15) is 12.4 Å². The molecule has 3 heterocycles. The highest BCUT2D eigenvalue weighted by molar-refractivity contribution is 5.76. The van der Waals surface area contributed by atoms with Crippen LogP contribution >= 0.6 is 0 Å². The molecule has 6 heteroatoms. The summed E-state index contributed by atoms with van der Waals surface area (Å²) < 4.78 is 1.83. The van der Waals surface area contributed by atoms with Gasteiger partial charge in [-0.2, -0.15) is 15.3 Å². The largest absolute Gasteiger partial charge is 0.324 e. The zero-order chi connectivity index (χ0) is 15.6. The van der Waals surface area contributed by atoms with E-state index in [0.29, 0.717) is 11.5 Å². The number of fused-ring (bicyclic) bond motifs is 1. The Balaban J connectivity index is 1.80. The van der Waals surface area contributed by atoms with E-state index in [-0.39, 0.29) is 6.04 Å². The lowest BCUT2D eigenvalue weighted by molar-refractivity contribution is 0.612. The Morgan fingerprint density at radius 1 is 1.09 bits per heavy atom. The topological polar surface area (TPSA) is 79.4 Å². The van der Waals surface area contributed by atoms with Crippen LogP contribution in [-0.4, -0.2) is 19.7 Å². The second-order valence-corrected chi connectivity index (χ2v) is 5.15. The summed E-state index contributed by atoms with van der Waals surface area (Å²) in [5.41, 5.74) is 3.68. The number of nitrogens with zero attached hydrogens (tertiary/aromatic N) is 5. The highest BCUT2D eigenvalue weighted by Gasteiger charge is 2.23. The van der Waals surface area contributed by atoms with E-state index in [1.807, 2.05) is 41.1 Å². The van der Waals surface area contributed by atoms with Crippen LogP contribution in [-0.2, 0) is 0 Å². The zero-order valence-electron chi connectivity index (χ0n) is 12.1. The fraction of sp³-hybridized carbons (Fsp3) is 0.0588. The second-order valence-electron chi connectivity index (χ2n) is 5.15. The molecule has 0 spiro atoms. The van der Waals surface area contributed by atoms with Crippen LogP contribution < -0.4 is 5.32 Å². The van der Waals surface area contributed by atoms with Gasteiger partial charge in [0.05, 0.1) is 11.6 Å². The van der Waals surface area contributed by atoms with Crippen LogP contribution in [0.1, 0.15) is 22.7 Å². The van der Waals surface area contributed by atoms with Crippen LogP contribution in [0.3, 0.4) is 0 Å². The maximum atomic E-state index is 8.95. The molecule has 0 aliphatic carbocycles. The number of hydrogen-bond acceptors (Lipinski definition) is 5. The fourth-order valence-corrected chi connectivity index (χ4v) is 2.63. The molecule has 0 bridgehead atoms. The molecule has 6 nitrogen and oxygen atoms in total. The molecule has 4 rings (SSSR count). The van der Waals surface area contributed by atoms with E-state index in [2.05, 4.69) is 32.5 Å². The molecule has 0 radical (unpaired) electrons. The monoisotopic (exact) mass is 300 g/mol. The van der Waals surface area contributed by atoms with Crippen molar-refractivity contribution in [2.24, 2.45) is 0 Å². The normalized spacial score (nSPS) is 16.0. The molecule has 0 fully saturated rings. The summed E-state index contributed by atoms with van der Waals surface area (Å²) in [5.74, 6) is 0.689. The Labute approximate surface area is 132 Å². The summed E-state index contributed by atoms with van der Waals surface area (Å²) in [4.78, 5) is 8.33. The van der Waals surface area contributed by atoms with Crippen LogP contribution in [0, 0.1) is 11.3 Å². The van der Waals surface area contributed by atoms with E-state index in [1.54, 1.807) is 12.4 Å². The molecular formula is C17H12N6. The number of anilines is 1. The molecule has 110 valence electrons. The first-order valence-corrected chi connectivity index (χ1v) is 7.14. The average molecular weight is 300 g/mol. The minimum atomic E-state index is -0.0790. The van der Waals surface area contributed by atoms with Gasteiger partial charge in [0, 0.05) is 23.7 Å². The van der Waals surface area contributed by atoms with Gasteiger partial charge in [-0.05, 0) is 35.9 Å². The van der Waals surface area contributed by atoms with Crippen molar-refractivity contribution in [3.05, 3.63) is 77.9 Å². The van der Waals surface area contributed by atoms with Crippen LogP contribution in [0.2, 0.25) is 0 Å². The molecule has 0 amide bonds.